The third-order valence-corrected chi connectivity index (χ3v) is 8.16. The van der Waals surface area contributed by atoms with Gasteiger partial charge >= 0.3 is 0 Å². The van der Waals surface area contributed by atoms with Crippen LogP contribution in [0.5, 0.6) is 0 Å². The largest absolute Gasteiger partial charge is 0.393 e. The van der Waals surface area contributed by atoms with Crippen LogP contribution in [0.4, 0.5) is 0 Å². The molecule has 0 saturated heterocycles. The monoisotopic (exact) mass is 274 g/mol. The van der Waals surface area contributed by atoms with E-state index in [1.807, 2.05) is 0 Å². The molecule has 0 aromatic heterocycles. The summed E-state index contributed by atoms with van der Waals surface area (Å²) in [7, 11) is 0. The molecule has 1 heteroatoms. The molecule has 0 aromatic carbocycles. The van der Waals surface area contributed by atoms with Gasteiger partial charge in [0.1, 0.15) is 0 Å². The number of hydrogen-bond acceptors (Lipinski definition) is 1. The maximum absolute atomic E-state index is 10.5. The van der Waals surface area contributed by atoms with Crippen molar-refractivity contribution < 1.29 is 5.11 Å². The Hall–Kier alpha value is -0.300. The van der Waals surface area contributed by atoms with Crippen LogP contribution >= 0.6 is 0 Å². The van der Waals surface area contributed by atoms with Crippen molar-refractivity contribution >= 4 is 0 Å². The van der Waals surface area contributed by atoms with Crippen molar-refractivity contribution in [2.75, 3.05) is 0 Å². The Bertz CT molecular complexity index is 427. The smallest absolute Gasteiger partial charge is 0.0596 e. The Kier molecular flexibility index (Phi) is 2.91. The van der Waals surface area contributed by atoms with E-state index in [0.29, 0.717) is 5.41 Å². The first-order chi connectivity index (χ1) is 9.56. The first-order valence-electron chi connectivity index (χ1n) is 8.89. The molecule has 3 fully saturated rings. The third-order valence-electron chi connectivity index (χ3n) is 8.16. The van der Waals surface area contributed by atoms with Crippen LogP contribution in [0.3, 0.4) is 0 Å². The van der Waals surface area contributed by atoms with Crippen LogP contribution in [0.2, 0.25) is 0 Å². The number of allylic oxidation sites excluding steroid dienone is 2. The van der Waals surface area contributed by atoms with E-state index in [-0.39, 0.29) is 11.5 Å². The van der Waals surface area contributed by atoms with Crippen molar-refractivity contribution in [1.29, 1.82) is 0 Å². The van der Waals surface area contributed by atoms with Gasteiger partial charge in [-0.05, 0) is 85.9 Å². The molecule has 2 unspecified atom stereocenters. The standard InChI is InChI=1S/C19H30O/c1-18-11-4-3-5-13(18)6-7-14-15-8-9-17(20)19(15,2)12-10-16(14)18/h3-4,13-17,20H,5-12H2,1-2H3/t13?,14-,15-,16-,17?,18-,19-/m0/s1. The lowest BCUT2D eigenvalue weighted by Crippen LogP contribution is -2.52. The van der Waals surface area contributed by atoms with Gasteiger partial charge in [-0.25, -0.2) is 0 Å². The molecule has 0 heterocycles. The minimum absolute atomic E-state index is 0.0229. The van der Waals surface area contributed by atoms with Crippen LogP contribution in [0.15, 0.2) is 12.2 Å². The lowest BCUT2D eigenvalue weighted by atomic mass is 9.46. The number of rotatable bonds is 0. The van der Waals surface area contributed by atoms with Crippen LogP contribution in [-0.2, 0) is 0 Å². The van der Waals surface area contributed by atoms with Gasteiger partial charge in [0, 0.05) is 0 Å². The van der Waals surface area contributed by atoms with E-state index >= 15 is 0 Å². The Balaban J connectivity index is 1.66. The molecule has 4 aliphatic rings. The average Bonchev–Trinajstić information content (AvgIpc) is 2.74. The molecule has 0 amide bonds. The second-order valence-electron chi connectivity index (χ2n) is 8.71. The molecular weight excluding hydrogens is 244 g/mol. The summed E-state index contributed by atoms with van der Waals surface area (Å²) in [5.41, 5.74) is 0.807. The lowest BCUT2D eigenvalue weighted by molar-refractivity contribution is -0.108. The zero-order valence-electron chi connectivity index (χ0n) is 13.1. The number of fused-ring (bicyclic) bond motifs is 5. The Labute approximate surface area is 123 Å². The second kappa shape index (κ2) is 4.35. The van der Waals surface area contributed by atoms with E-state index in [4.69, 9.17) is 0 Å². The predicted molar refractivity (Wildman–Crippen MR) is 82.3 cm³/mol. The SMILES string of the molecule is C[C@]12CC=CCC1CC[C@@H]1[C@@H]2CC[C@]2(C)C(O)CC[C@@H]12. The van der Waals surface area contributed by atoms with Crippen molar-refractivity contribution in [3.05, 3.63) is 12.2 Å². The van der Waals surface area contributed by atoms with Crippen molar-refractivity contribution in [3.8, 4) is 0 Å². The molecule has 7 atom stereocenters. The van der Waals surface area contributed by atoms with Gasteiger partial charge in [-0.2, -0.15) is 0 Å². The topological polar surface area (TPSA) is 20.2 Å². The van der Waals surface area contributed by atoms with Crippen LogP contribution in [0.1, 0.15) is 65.2 Å². The summed E-state index contributed by atoms with van der Waals surface area (Å²) in [6.45, 7) is 4.98. The highest BCUT2D eigenvalue weighted by molar-refractivity contribution is 5.12. The molecular formula is C19H30O. The summed E-state index contributed by atoms with van der Waals surface area (Å²) < 4.78 is 0. The molecule has 1 nitrogen and oxygen atoms in total. The fraction of sp³-hybridized carbons (Fsp3) is 0.895. The van der Waals surface area contributed by atoms with Crippen molar-refractivity contribution in [2.45, 2.75) is 71.3 Å². The summed E-state index contributed by atoms with van der Waals surface area (Å²) in [6.07, 6.45) is 15.4. The second-order valence-corrected chi connectivity index (χ2v) is 8.71. The molecule has 0 bridgehead atoms. The highest BCUT2D eigenvalue weighted by Crippen LogP contribution is 2.65. The Morgan fingerprint density at radius 2 is 1.70 bits per heavy atom. The molecule has 0 aromatic rings. The van der Waals surface area contributed by atoms with Gasteiger partial charge in [0.25, 0.3) is 0 Å². The summed E-state index contributed by atoms with van der Waals surface area (Å²) >= 11 is 0. The molecule has 3 saturated carbocycles. The summed E-state index contributed by atoms with van der Waals surface area (Å²) in [5, 5.41) is 10.5. The summed E-state index contributed by atoms with van der Waals surface area (Å²) in [6, 6.07) is 0. The minimum atomic E-state index is -0.0229. The molecule has 1 N–H and O–H groups in total. The highest BCUT2D eigenvalue weighted by atomic mass is 16.3. The maximum atomic E-state index is 10.5. The zero-order chi connectivity index (χ0) is 14.0. The van der Waals surface area contributed by atoms with Gasteiger partial charge < -0.3 is 5.11 Å². The number of aliphatic hydroxyl groups excluding tert-OH is 1. The molecule has 0 spiro atoms. The summed E-state index contributed by atoms with van der Waals surface area (Å²) in [5.74, 6) is 3.57. The fourth-order valence-corrected chi connectivity index (χ4v) is 6.81. The summed E-state index contributed by atoms with van der Waals surface area (Å²) in [4.78, 5) is 0. The molecule has 20 heavy (non-hydrogen) atoms. The third kappa shape index (κ3) is 1.59. The first kappa shape index (κ1) is 13.4. The van der Waals surface area contributed by atoms with Crippen LogP contribution in [0.25, 0.3) is 0 Å². The minimum Gasteiger partial charge on any atom is -0.393 e. The van der Waals surface area contributed by atoms with Crippen LogP contribution < -0.4 is 0 Å². The predicted octanol–water partition coefficient (Wildman–Crippen LogP) is 4.56. The Morgan fingerprint density at radius 3 is 2.55 bits per heavy atom. The quantitative estimate of drug-likeness (QED) is 0.642. The van der Waals surface area contributed by atoms with E-state index in [9.17, 15) is 5.11 Å². The van der Waals surface area contributed by atoms with Gasteiger partial charge in [0.2, 0.25) is 0 Å². The van der Waals surface area contributed by atoms with E-state index < -0.39 is 0 Å². The van der Waals surface area contributed by atoms with Gasteiger partial charge in [-0.15, -0.1) is 0 Å². The van der Waals surface area contributed by atoms with E-state index in [1.165, 1.54) is 44.9 Å². The molecule has 4 aliphatic carbocycles. The van der Waals surface area contributed by atoms with Crippen molar-refractivity contribution in [2.24, 2.45) is 34.5 Å². The zero-order valence-corrected chi connectivity index (χ0v) is 13.1. The van der Waals surface area contributed by atoms with Gasteiger partial charge in [0.15, 0.2) is 0 Å². The van der Waals surface area contributed by atoms with Crippen molar-refractivity contribution in [1.82, 2.24) is 0 Å². The maximum Gasteiger partial charge on any atom is 0.0596 e. The first-order valence-corrected chi connectivity index (χ1v) is 8.89. The van der Waals surface area contributed by atoms with Gasteiger partial charge in [-0.1, -0.05) is 26.0 Å². The van der Waals surface area contributed by atoms with E-state index in [2.05, 4.69) is 26.0 Å². The highest BCUT2D eigenvalue weighted by Gasteiger charge is 2.59. The lowest BCUT2D eigenvalue weighted by Gasteiger charge is -2.59. The molecule has 4 rings (SSSR count). The molecule has 0 aliphatic heterocycles. The Morgan fingerprint density at radius 1 is 0.900 bits per heavy atom. The van der Waals surface area contributed by atoms with Crippen LogP contribution in [-0.4, -0.2) is 11.2 Å². The number of hydrogen-bond donors (Lipinski definition) is 1. The van der Waals surface area contributed by atoms with Gasteiger partial charge in [0.05, 0.1) is 6.10 Å². The van der Waals surface area contributed by atoms with Crippen molar-refractivity contribution in [3.63, 3.8) is 0 Å². The normalized spacial score (nSPS) is 57.9. The molecule has 0 radical (unpaired) electrons. The fourth-order valence-electron chi connectivity index (χ4n) is 6.81. The average molecular weight is 274 g/mol. The van der Waals surface area contributed by atoms with E-state index in [1.54, 1.807) is 0 Å². The van der Waals surface area contributed by atoms with Crippen LogP contribution in [0, 0.1) is 34.5 Å². The van der Waals surface area contributed by atoms with Gasteiger partial charge in [-0.3, -0.25) is 0 Å². The van der Waals surface area contributed by atoms with E-state index in [0.717, 1.165) is 30.1 Å². The molecule has 112 valence electrons. The number of aliphatic hydroxyl groups is 1.